The van der Waals surface area contributed by atoms with Gasteiger partial charge in [-0.25, -0.2) is 0 Å². The molecule has 4 rings (SSSR count). The van der Waals surface area contributed by atoms with Crippen molar-refractivity contribution in [1.82, 2.24) is 0 Å². The predicted molar refractivity (Wildman–Crippen MR) is 114 cm³/mol. The Kier molecular flexibility index (Phi) is 4.87. The van der Waals surface area contributed by atoms with Crippen LogP contribution in [-0.4, -0.2) is 6.29 Å². The Morgan fingerprint density at radius 2 is 1.71 bits per heavy atom. The Labute approximate surface area is 166 Å². The summed E-state index contributed by atoms with van der Waals surface area (Å²) in [5.41, 5.74) is 6.75. The first kappa shape index (κ1) is 18.2. The zero-order valence-electron chi connectivity index (χ0n) is 16.3. The molecule has 0 aromatic heterocycles. The fourth-order valence-corrected chi connectivity index (χ4v) is 3.75. The number of carbonyl (C=O) groups excluding carboxylic acids is 1. The zero-order valence-corrected chi connectivity index (χ0v) is 16.3. The van der Waals surface area contributed by atoms with Crippen molar-refractivity contribution in [2.75, 3.05) is 0 Å². The van der Waals surface area contributed by atoms with Gasteiger partial charge in [-0.3, -0.25) is 4.79 Å². The van der Waals surface area contributed by atoms with Crippen molar-refractivity contribution in [3.05, 3.63) is 107 Å². The number of hydrogen-bond donors (Lipinski definition) is 0. The minimum absolute atomic E-state index is 0.0244. The first-order valence-corrected chi connectivity index (χ1v) is 9.64. The maximum atomic E-state index is 11.2. The van der Waals surface area contributed by atoms with Crippen molar-refractivity contribution in [2.45, 2.75) is 32.3 Å². The van der Waals surface area contributed by atoms with Crippen LogP contribution in [0.15, 0.2) is 78.9 Å². The molecule has 0 heterocycles. The van der Waals surface area contributed by atoms with Crippen molar-refractivity contribution in [3.8, 4) is 5.75 Å². The Morgan fingerprint density at radius 1 is 0.964 bits per heavy atom. The molecule has 0 unspecified atom stereocenters. The summed E-state index contributed by atoms with van der Waals surface area (Å²) in [6, 6.07) is 24.5. The summed E-state index contributed by atoms with van der Waals surface area (Å²) in [5.74, 6) is 0.862. The Bertz CT molecular complexity index is 1010. The topological polar surface area (TPSA) is 26.3 Å². The molecule has 0 radical (unpaired) electrons. The molecule has 0 bridgehead atoms. The van der Waals surface area contributed by atoms with Gasteiger partial charge in [-0.05, 0) is 57.9 Å². The minimum Gasteiger partial charge on any atom is -0.489 e. The lowest BCUT2D eigenvalue weighted by molar-refractivity contribution is 0.112. The lowest BCUT2D eigenvalue weighted by atomic mass is 9.72. The van der Waals surface area contributed by atoms with E-state index in [9.17, 15) is 4.79 Å². The van der Waals surface area contributed by atoms with Gasteiger partial charge in [0.15, 0.2) is 0 Å². The van der Waals surface area contributed by atoms with E-state index < -0.39 is 0 Å². The van der Waals surface area contributed by atoms with Gasteiger partial charge in [0.2, 0.25) is 0 Å². The van der Waals surface area contributed by atoms with Crippen LogP contribution in [0.2, 0.25) is 0 Å². The molecule has 2 nitrogen and oxygen atoms in total. The van der Waals surface area contributed by atoms with Crippen LogP contribution >= 0.6 is 0 Å². The lowest BCUT2D eigenvalue weighted by Crippen LogP contribution is -2.22. The quantitative estimate of drug-likeness (QED) is 0.502. The van der Waals surface area contributed by atoms with Crippen LogP contribution in [0.5, 0.6) is 5.75 Å². The second-order valence-electron chi connectivity index (χ2n) is 7.93. The number of hydrogen-bond acceptors (Lipinski definition) is 2. The zero-order chi connectivity index (χ0) is 19.6. The van der Waals surface area contributed by atoms with Crippen LogP contribution in [0.1, 0.15) is 52.9 Å². The van der Waals surface area contributed by atoms with Crippen molar-refractivity contribution in [1.29, 1.82) is 0 Å². The smallest absolute Gasteiger partial charge is 0.150 e. The molecule has 28 heavy (non-hydrogen) atoms. The molecule has 1 aliphatic rings. The van der Waals surface area contributed by atoms with E-state index in [-0.39, 0.29) is 5.41 Å². The number of carbonyl (C=O) groups is 1. The van der Waals surface area contributed by atoms with E-state index in [0.717, 1.165) is 29.6 Å². The SMILES string of the molecule is CC1(C)CC=C(c2ccc(OCc3ccccc3)cc2)c2ccc(C=O)cc21. The Morgan fingerprint density at radius 3 is 2.43 bits per heavy atom. The van der Waals surface area contributed by atoms with Gasteiger partial charge in [0.1, 0.15) is 18.6 Å². The molecule has 0 amide bonds. The number of aldehydes is 1. The van der Waals surface area contributed by atoms with Crippen molar-refractivity contribution in [3.63, 3.8) is 0 Å². The molecular weight excluding hydrogens is 344 g/mol. The van der Waals surface area contributed by atoms with Gasteiger partial charge in [0.25, 0.3) is 0 Å². The van der Waals surface area contributed by atoms with E-state index in [0.29, 0.717) is 6.61 Å². The molecule has 3 aromatic rings. The maximum Gasteiger partial charge on any atom is 0.150 e. The van der Waals surface area contributed by atoms with E-state index in [4.69, 9.17) is 4.74 Å². The molecule has 0 aliphatic heterocycles. The molecule has 0 N–H and O–H groups in total. The van der Waals surface area contributed by atoms with E-state index in [2.05, 4.69) is 50.3 Å². The average molecular weight is 368 g/mol. The average Bonchev–Trinajstić information content (AvgIpc) is 2.73. The van der Waals surface area contributed by atoms with Crippen molar-refractivity contribution < 1.29 is 9.53 Å². The summed E-state index contributed by atoms with van der Waals surface area (Å²) in [5, 5.41) is 0. The minimum atomic E-state index is 0.0244. The number of benzene rings is 3. The van der Waals surface area contributed by atoms with E-state index in [1.54, 1.807) is 0 Å². The number of rotatable bonds is 5. The Hall–Kier alpha value is -3.13. The van der Waals surface area contributed by atoms with Crippen LogP contribution in [0, 0.1) is 0 Å². The van der Waals surface area contributed by atoms with Gasteiger partial charge in [0, 0.05) is 5.56 Å². The first-order valence-electron chi connectivity index (χ1n) is 9.64. The fraction of sp³-hybridized carbons (Fsp3) is 0.192. The molecule has 0 saturated carbocycles. The summed E-state index contributed by atoms with van der Waals surface area (Å²) < 4.78 is 5.91. The molecule has 3 aromatic carbocycles. The van der Waals surface area contributed by atoms with E-state index >= 15 is 0 Å². The van der Waals surface area contributed by atoms with Crippen LogP contribution in [0.3, 0.4) is 0 Å². The highest BCUT2D eigenvalue weighted by atomic mass is 16.5. The van der Waals surface area contributed by atoms with Gasteiger partial charge in [-0.2, -0.15) is 0 Å². The van der Waals surface area contributed by atoms with E-state index in [1.165, 1.54) is 22.3 Å². The van der Waals surface area contributed by atoms with E-state index in [1.807, 2.05) is 42.5 Å². The van der Waals surface area contributed by atoms with Crippen LogP contribution < -0.4 is 4.74 Å². The number of allylic oxidation sites excluding steroid dienone is 1. The van der Waals surface area contributed by atoms with Crippen LogP contribution in [0.25, 0.3) is 5.57 Å². The van der Waals surface area contributed by atoms with Crippen LogP contribution in [0.4, 0.5) is 0 Å². The second-order valence-corrected chi connectivity index (χ2v) is 7.93. The maximum absolute atomic E-state index is 11.2. The molecule has 0 fully saturated rings. The third-order valence-corrected chi connectivity index (χ3v) is 5.43. The second kappa shape index (κ2) is 7.47. The summed E-state index contributed by atoms with van der Waals surface area (Å²) in [6.07, 6.45) is 4.18. The lowest BCUT2D eigenvalue weighted by Gasteiger charge is -2.32. The monoisotopic (exact) mass is 368 g/mol. The highest BCUT2D eigenvalue weighted by Gasteiger charge is 2.28. The molecule has 0 saturated heterocycles. The third kappa shape index (κ3) is 3.63. The van der Waals surface area contributed by atoms with Gasteiger partial charge >= 0.3 is 0 Å². The first-order chi connectivity index (χ1) is 13.6. The molecule has 0 spiro atoms. The molecule has 1 aliphatic carbocycles. The van der Waals surface area contributed by atoms with Gasteiger partial charge < -0.3 is 4.74 Å². The highest BCUT2D eigenvalue weighted by molar-refractivity contribution is 5.86. The highest BCUT2D eigenvalue weighted by Crippen LogP contribution is 2.41. The Balaban J connectivity index is 1.58. The fourth-order valence-electron chi connectivity index (χ4n) is 3.75. The van der Waals surface area contributed by atoms with Crippen molar-refractivity contribution >= 4 is 11.9 Å². The normalized spacial score (nSPS) is 14.7. The molecule has 140 valence electrons. The standard InChI is InChI=1S/C26H24O2/c1-26(2)15-14-23(24-13-8-20(17-27)16-25(24)26)21-9-11-22(12-10-21)28-18-19-6-4-3-5-7-19/h3-14,16-17H,15,18H2,1-2H3. The predicted octanol–water partition coefficient (Wildman–Crippen LogP) is 6.19. The summed E-state index contributed by atoms with van der Waals surface area (Å²) in [7, 11) is 0. The van der Waals surface area contributed by atoms with Crippen molar-refractivity contribution in [2.24, 2.45) is 0 Å². The number of fused-ring (bicyclic) bond motifs is 1. The summed E-state index contributed by atoms with van der Waals surface area (Å²) in [4.78, 5) is 11.2. The molecule has 2 heteroatoms. The summed E-state index contributed by atoms with van der Waals surface area (Å²) in [6.45, 7) is 5.02. The van der Waals surface area contributed by atoms with Gasteiger partial charge in [-0.1, -0.05) is 74.5 Å². The molecule has 0 atom stereocenters. The van der Waals surface area contributed by atoms with Crippen LogP contribution in [-0.2, 0) is 12.0 Å². The van der Waals surface area contributed by atoms with Gasteiger partial charge in [-0.15, -0.1) is 0 Å². The molecular formula is C26H24O2. The summed E-state index contributed by atoms with van der Waals surface area (Å²) >= 11 is 0. The number of ether oxygens (including phenoxy) is 1. The van der Waals surface area contributed by atoms with Gasteiger partial charge in [0.05, 0.1) is 0 Å². The third-order valence-electron chi connectivity index (χ3n) is 5.43. The largest absolute Gasteiger partial charge is 0.489 e.